The zero-order valence-electron chi connectivity index (χ0n) is 20.5. The van der Waals surface area contributed by atoms with Crippen molar-refractivity contribution >= 4 is 26.0 Å². The van der Waals surface area contributed by atoms with Crippen molar-refractivity contribution in [1.82, 2.24) is 0 Å². The summed E-state index contributed by atoms with van der Waals surface area (Å²) in [6.07, 6.45) is 7.01. The quantitative estimate of drug-likeness (QED) is 0.242. The van der Waals surface area contributed by atoms with E-state index in [0.717, 1.165) is 19.4 Å². The van der Waals surface area contributed by atoms with E-state index in [1.54, 1.807) is 0 Å². The lowest BCUT2D eigenvalue weighted by atomic mass is 9.82. The lowest BCUT2D eigenvalue weighted by molar-refractivity contribution is 0.304. The van der Waals surface area contributed by atoms with Crippen LogP contribution in [0.5, 0.6) is 0 Å². The van der Waals surface area contributed by atoms with Crippen LogP contribution in [-0.4, -0.2) is 14.9 Å². The number of allylic oxidation sites excluding steroid dienone is 1. The van der Waals surface area contributed by atoms with Crippen LogP contribution in [0, 0.1) is 10.4 Å². The van der Waals surface area contributed by atoms with Gasteiger partial charge in [-0.05, 0) is 95.5 Å². The van der Waals surface area contributed by atoms with Gasteiger partial charge < -0.3 is 4.43 Å². The van der Waals surface area contributed by atoms with Crippen LogP contribution in [0.25, 0.3) is 17.7 Å². The minimum absolute atomic E-state index is 0.304. The molecule has 2 aliphatic rings. The van der Waals surface area contributed by atoms with E-state index in [0.29, 0.717) is 5.92 Å². The highest BCUT2D eigenvalue weighted by atomic mass is 28.4. The first-order chi connectivity index (χ1) is 15.8. The summed E-state index contributed by atoms with van der Waals surface area (Å²) in [4.78, 5) is 0. The maximum atomic E-state index is 6.19. The van der Waals surface area contributed by atoms with Crippen molar-refractivity contribution in [2.75, 3.05) is 6.61 Å². The smallest absolute Gasteiger partial charge is 0.183 e. The third-order valence-electron chi connectivity index (χ3n) is 6.83. The van der Waals surface area contributed by atoms with Crippen molar-refractivity contribution in [1.29, 1.82) is 0 Å². The molecule has 5 rings (SSSR count). The minimum Gasteiger partial charge on any atom is -0.418 e. The molecule has 0 fully saturated rings. The molecule has 0 N–H and O–H groups in total. The normalized spacial score (nSPS) is 16.0. The first-order valence-electron chi connectivity index (χ1n) is 12.2. The third kappa shape index (κ3) is 4.18. The van der Waals surface area contributed by atoms with Crippen molar-refractivity contribution in [2.24, 2.45) is 0 Å². The van der Waals surface area contributed by atoms with Crippen LogP contribution < -0.4 is 10.4 Å². The van der Waals surface area contributed by atoms with Gasteiger partial charge in [-0.1, -0.05) is 77.9 Å². The topological polar surface area (TPSA) is 9.23 Å². The monoisotopic (exact) mass is 450 g/mol. The Morgan fingerprint density at radius 2 is 1.61 bits per heavy atom. The van der Waals surface area contributed by atoms with Gasteiger partial charge in [0.15, 0.2) is 8.32 Å². The molecule has 0 spiro atoms. The summed E-state index contributed by atoms with van der Waals surface area (Å²) in [5, 5.41) is 5.45. The molecular weight excluding hydrogens is 416 g/mol. The van der Waals surface area contributed by atoms with E-state index in [2.05, 4.69) is 106 Å². The van der Waals surface area contributed by atoms with Gasteiger partial charge in [-0.15, -0.1) is 0 Å². The average molecular weight is 451 g/mol. The van der Waals surface area contributed by atoms with Gasteiger partial charge in [-0.3, -0.25) is 0 Å². The van der Waals surface area contributed by atoms with Crippen LogP contribution in [0.4, 0.5) is 0 Å². The SMILES string of the molecule is CC(C)=c1ccc2c(c1C1C(CCCO[Si](C)(C)C)=Cc3ccccc31)C=c1ccccc1=2. The largest absolute Gasteiger partial charge is 0.418 e. The van der Waals surface area contributed by atoms with Crippen molar-refractivity contribution in [3.63, 3.8) is 0 Å². The van der Waals surface area contributed by atoms with E-state index < -0.39 is 8.32 Å². The summed E-state index contributed by atoms with van der Waals surface area (Å²) in [5.41, 5.74) is 8.60. The Bertz CT molecular complexity index is 1470. The van der Waals surface area contributed by atoms with Crippen LogP contribution in [-0.2, 0) is 4.43 Å². The van der Waals surface area contributed by atoms with Crippen molar-refractivity contribution in [2.45, 2.75) is 52.2 Å². The lowest BCUT2D eigenvalue weighted by Crippen LogP contribution is -2.25. The predicted molar refractivity (Wildman–Crippen MR) is 143 cm³/mol. The van der Waals surface area contributed by atoms with Gasteiger partial charge in [0.05, 0.1) is 0 Å². The Morgan fingerprint density at radius 1 is 0.848 bits per heavy atom. The van der Waals surface area contributed by atoms with Gasteiger partial charge >= 0.3 is 0 Å². The molecule has 0 saturated heterocycles. The highest BCUT2D eigenvalue weighted by molar-refractivity contribution is 6.69. The molecule has 0 radical (unpaired) electrons. The molecule has 1 nitrogen and oxygen atoms in total. The van der Waals surface area contributed by atoms with Gasteiger partial charge in [-0.2, -0.15) is 0 Å². The highest BCUT2D eigenvalue weighted by Gasteiger charge is 2.29. The molecule has 3 aromatic rings. The Hall–Kier alpha value is -2.68. The standard InChI is InChI=1S/C31H34OSi/c1-21(2)25-16-17-28-26-14-8-6-12-23(26)20-29(28)31(25)30-24(13-10-18-32-33(3,4)5)19-22-11-7-9-15-27(22)30/h6-9,11-12,14-17,19-20,30H,10,13,18H2,1-5H3. The fourth-order valence-corrected chi connectivity index (χ4v) is 6.15. The van der Waals surface area contributed by atoms with Crippen molar-refractivity contribution in [3.05, 3.63) is 109 Å². The zero-order valence-corrected chi connectivity index (χ0v) is 21.5. The number of rotatable bonds is 6. The third-order valence-corrected chi connectivity index (χ3v) is 7.90. The van der Waals surface area contributed by atoms with Crippen molar-refractivity contribution in [3.8, 4) is 0 Å². The summed E-state index contributed by atoms with van der Waals surface area (Å²) < 4.78 is 6.19. The minimum atomic E-state index is -1.48. The fourth-order valence-electron chi connectivity index (χ4n) is 5.40. The summed E-state index contributed by atoms with van der Waals surface area (Å²) in [5.74, 6) is 0.304. The van der Waals surface area contributed by atoms with E-state index in [1.165, 1.54) is 54.3 Å². The maximum absolute atomic E-state index is 6.19. The van der Waals surface area contributed by atoms with Crippen molar-refractivity contribution < 1.29 is 4.43 Å². The average Bonchev–Trinajstić information content (AvgIpc) is 3.33. The second-order valence-corrected chi connectivity index (χ2v) is 15.1. The molecule has 3 aromatic carbocycles. The molecule has 0 aromatic heterocycles. The summed E-state index contributed by atoms with van der Waals surface area (Å²) in [6, 6.07) is 22.5. The zero-order chi connectivity index (χ0) is 23.2. The molecule has 2 aliphatic carbocycles. The van der Waals surface area contributed by atoms with Crippen LogP contribution in [0.1, 0.15) is 54.9 Å². The van der Waals surface area contributed by atoms with Gasteiger partial charge in [0.2, 0.25) is 0 Å². The van der Waals surface area contributed by atoms with E-state index in [-0.39, 0.29) is 0 Å². The molecule has 1 atom stereocenters. The molecular formula is C31H34OSi. The van der Waals surface area contributed by atoms with Crippen LogP contribution in [0.3, 0.4) is 0 Å². The van der Waals surface area contributed by atoms with E-state index in [4.69, 9.17) is 4.43 Å². The van der Waals surface area contributed by atoms with Gasteiger partial charge in [0.1, 0.15) is 0 Å². The van der Waals surface area contributed by atoms with E-state index in [9.17, 15) is 0 Å². The number of hydrogen-bond donors (Lipinski definition) is 0. The molecule has 0 heterocycles. The number of fused-ring (bicyclic) bond motifs is 3. The predicted octanol–water partition coefficient (Wildman–Crippen LogP) is 6.47. The molecule has 0 aliphatic heterocycles. The Labute approximate surface area is 198 Å². The van der Waals surface area contributed by atoms with Crippen LogP contribution >= 0.6 is 0 Å². The van der Waals surface area contributed by atoms with Crippen LogP contribution in [0.15, 0.2) is 66.2 Å². The summed E-state index contributed by atoms with van der Waals surface area (Å²) in [7, 11) is -1.48. The molecule has 0 saturated carbocycles. The van der Waals surface area contributed by atoms with E-state index >= 15 is 0 Å². The second kappa shape index (κ2) is 8.59. The highest BCUT2D eigenvalue weighted by Crippen LogP contribution is 2.43. The number of hydrogen-bond acceptors (Lipinski definition) is 1. The molecule has 168 valence electrons. The fraction of sp³-hybridized carbons (Fsp3) is 0.290. The molecule has 1 unspecified atom stereocenters. The van der Waals surface area contributed by atoms with E-state index in [1.807, 2.05) is 0 Å². The van der Waals surface area contributed by atoms with Gasteiger partial charge in [-0.25, -0.2) is 0 Å². The van der Waals surface area contributed by atoms with Gasteiger partial charge in [0.25, 0.3) is 0 Å². The Kier molecular flexibility index (Phi) is 5.76. The second-order valence-electron chi connectivity index (χ2n) is 10.6. The lowest BCUT2D eigenvalue weighted by Gasteiger charge is -2.22. The molecule has 0 bridgehead atoms. The number of benzene rings is 3. The maximum Gasteiger partial charge on any atom is 0.183 e. The van der Waals surface area contributed by atoms with Gasteiger partial charge in [0, 0.05) is 12.5 Å². The first kappa shape index (κ1) is 22.1. The molecule has 2 heteroatoms. The molecule has 0 amide bonds. The molecule has 33 heavy (non-hydrogen) atoms. The van der Waals surface area contributed by atoms with Crippen LogP contribution in [0.2, 0.25) is 19.6 Å². The Morgan fingerprint density at radius 3 is 2.39 bits per heavy atom. The Balaban J connectivity index is 1.66. The summed E-state index contributed by atoms with van der Waals surface area (Å²) in [6.45, 7) is 12.2. The first-order valence-corrected chi connectivity index (χ1v) is 15.6. The summed E-state index contributed by atoms with van der Waals surface area (Å²) >= 11 is 0.